The number of carbonyl (C=O) groups is 1. The maximum absolute atomic E-state index is 13.0. The molecule has 0 bridgehead atoms. The van der Waals surface area contributed by atoms with Crippen LogP contribution < -0.4 is 5.32 Å². The van der Waals surface area contributed by atoms with Gasteiger partial charge in [0.15, 0.2) is 0 Å². The minimum Gasteiger partial charge on any atom is -0.468 e. The van der Waals surface area contributed by atoms with Crippen molar-refractivity contribution in [3.05, 3.63) is 71.7 Å². The molecule has 2 aliphatic carbocycles. The Balaban J connectivity index is 1.64. The molecule has 1 atom stereocenters. The number of benzene rings is 1. The maximum atomic E-state index is 13.0. The lowest BCUT2D eigenvalue weighted by Gasteiger charge is -2.37. The number of rotatable bonds is 6. The number of hydrogen-bond donors (Lipinski definition) is 2. The molecule has 1 aromatic heterocycles. The molecule has 2 aliphatic rings. The number of nitrogens with one attached hydrogen (secondary N) is 1. The standard InChI is InChI=1S/C21H23NO3/c23-14-21(11-4-5-12-21)19(16-6-2-1-3-7-16)22-20(24)17-10-13-25-18(17)15-8-9-15/h1-7,10,13,15,19,23H,8-9,11-12,14H2,(H,22,24). The van der Waals surface area contributed by atoms with Crippen molar-refractivity contribution in [3.8, 4) is 0 Å². The Hall–Kier alpha value is -2.33. The van der Waals surface area contributed by atoms with E-state index in [1.807, 2.05) is 30.3 Å². The average molecular weight is 337 g/mol. The molecule has 0 radical (unpaired) electrons. The van der Waals surface area contributed by atoms with Crippen LogP contribution in [0.3, 0.4) is 0 Å². The molecule has 25 heavy (non-hydrogen) atoms. The molecular weight excluding hydrogens is 314 g/mol. The molecule has 1 heterocycles. The van der Waals surface area contributed by atoms with Crippen molar-refractivity contribution in [3.63, 3.8) is 0 Å². The summed E-state index contributed by atoms with van der Waals surface area (Å²) >= 11 is 0. The van der Waals surface area contributed by atoms with Crippen molar-refractivity contribution < 1.29 is 14.3 Å². The Morgan fingerprint density at radius 2 is 1.92 bits per heavy atom. The SMILES string of the molecule is O=C(NC(c1ccccc1)C1(CO)CC=CC1)c1ccoc1C1CC1. The van der Waals surface area contributed by atoms with Crippen LogP contribution in [-0.2, 0) is 0 Å². The molecule has 0 spiro atoms. The Morgan fingerprint density at radius 1 is 1.20 bits per heavy atom. The van der Waals surface area contributed by atoms with Gasteiger partial charge in [-0.15, -0.1) is 0 Å². The highest BCUT2D eigenvalue weighted by molar-refractivity contribution is 5.95. The lowest BCUT2D eigenvalue weighted by Crippen LogP contribution is -2.42. The highest BCUT2D eigenvalue weighted by Gasteiger charge is 2.41. The Bertz CT molecular complexity index is 765. The highest BCUT2D eigenvalue weighted by atomic mass is 16.3. The summed E-state index contributed by atoms with van der Waals surface area (Å²) in [6.45, 7) is 0.0285. The molecule has 0 aliphatic heterocycles. The number of hydrogen-bond acceptors (Lipinski definition) is 3. The third-order valence-electron chi connectivity index (χ3n) is 5.44. The van der Waals surface area contributed by atoms with Crippen LogP contribution in [0.1, 0.15) is 59.3 Å². The zero-order valence-electron chi connectivity index (χ0n) is 14.2. The number of amides is 1. The summed E-state index contributed by atoms with van der Waals surface area (Å²) in [6.07, 6.45) is 9.45. The summed E-state index contributed by atoms with van der Waals surface area (Å²) in [4.78, 5) is 13.0. The van der Waals surface area contributed by atoms with Crippen LogP contribution in [0, 0.1) is 5.41 Å². The first-order chi connectivity index (χ1) is 12.2. The molecule has 1 unspecified atom stereocenters. The molecule has 1 aromatic carbocycles. The second-order valence-electron chi connectivity index (χ2n) is 7.19. The number of carbonyl (C=O) groups excluding carboxylic acids is 1. The molecular formula is C21H23NO3. The molecule has 4 nitrogen and oxygen atoms in total. The predicted molar refractivity (Wildman–Crippen MR) is 95.2 cm³/mol. The van der Waals surface area contributed by atoms with Crippen LogP contribution in [0.5, 0.6) is 0 Å². The van der Waals surface area contributed by atoms with Crippen LogP contribution in [0.25, 0.3) is 0 Å². The summed E-state index contributed by atoms with van der Waals surface area (Å²) in [6, 6.07) is 11.4. The van der Waals surface area contributed by atoms with Gasteiger partial charge in [0, 0.05) is 11.3 Å². The van der Waals surface area contributed by atoms with Gasteiger partial charge in [0.2, 0.25) is 0 Å². The van der Waals surface area contributed by atoms with Crippen molar-refractivity contribution in [1.82, 2.24) is 5.32 Å². The summed E-state index contributed by atoms with van der Waals surface area (Å²) in [5.41, 5.74) is 1.26. The first kappa shape index (κ1) is 16.2. The van der Waals surface area contributed by atoms with E-state index < -0.39 is 0 Å². The monoisotopic (exact) mass is 337 g/mol. The van der Waals surface area contributed by atoms with Crippen molar-refractivity contribution in [1.29, 1.82) is 0 Å². The van der Waals surface area contributed by atoms with Gasteiger partial charge < -0.3 is 14.8 Å². The van der Waals surface area contributed by atoms with Crippen LogP contribution in [0.15, 0.2) is 59.2 Å². The molecule has 0 saturated heterocycles. The quantitative estimate of drug-likeness (QED) is 0.784. The normalized spacial score (nSPS) is 19.7. The van der Waals surface area contributed by atoms with E-state index in [0.717, 1.165) is 37.0 Å². The lowest BCUT2D eigenvalue weighted by molar-refractivity contribution is 0.0725. The summed E-state index contributed by atoms with van der Waals surface area (Å²) in [5, 5.41) is 13.3. The van der Waals surface area contributed by atoms with Gasteiger partial charge in [0.05, 0.1) is 24.5 Å². The van der Waals surface area contributed by atoms with E-state index in [4.69, 9.17) is 4.42 Å². The van der Waals surface area contributed by atoms with Crippen molar-refractivity contribution in [2.24, 2.45) is 5.41 Å². The topological polar surface area (TPSA) is 62.5 Å². The average Bonchev–Trinajstić information content (AvgIpc) is 3.19. The van der Waals surface area contributed by atoms with E-state index in [-0.39, 0.29) is 24.0 Å². The number of furan rings is 1. The summed E-state index contributed by atoms with van der Waals surface area (Å²) < 4.78 is 5.55. The van der Waals surface area contributed by atoms with Crippen molar-refractivity contribution in [2.45, 2.75) is 37.6 Å². The van der Waals surface area contributed by atoms with Gasteiger partial charge in [-0.2, -0.15) is 0 Å². The largest absolute Gasteiger partial charge is 0.468 e. The number of allylic oxidation sites excluding steroid dienone is 2. The van der Waals surface area contributed by atoms with Gasteiger partial charge in [0.1, 0.15) is 5.76 Å². The van der Waals surface area contributed by atoms with Gasteiger partial charge in [-0.05, 0) is 37.3 Å². The van der Waals surface area contributed by atoms with E-state index in [2.05, 4.69) is 17.5 Å². The van der Waals surface area contributed by atoms with Gasteiger partial charge in [-0.1, -0.05) is 42.5 Å². The minimum atomic E-state index is -0.388. The van der Waals surface area contributed by atoms with Crippen molar-refractivity contribution in [2.75, 3.05) is 6.61 Å². The van der Waals surface area contributed by atoms with Gasteiger partial charge in [0.25, 0.3) is 5.91 Å². The molecule has 1 fully saturated rings. The van der Waals surface area contributed by atoms with Crippen LogP contribution in [-0.4, -0.2) is 17.6 Å². The fraction of sp³-hybridized carbons (Fsp3) is 0.381. The van der Waals surface area contributed by atoms with E-state index in [1.165, 1.54) is 0 Å². The minimum absolute atomic E-state index is 0.0285. The molecule has 2 aromatic rings. The molecule has 4 rings (SSSR count). The van der Waals surface area contributed by atoms with Crippen LogP contribution in [0.4, 0.5) is 0 Å². The number of aliphatic hydroxyl groups is 1. The van der Waals surface area contributed by atoms with E-state index in [1.54, 1.807) is 12.3 Å². The Morgan fingerprint density at radius 3 is 2.56 bits per heavy atom. The number of aliphatic hydroxyl groups excluding tert-OH is 1. The summed E-state index contributed by atoms with van der Waals surface area (Å²) in [5.74, 6) is 1.06. The second-order valence-corrected chi connectivity index (χ2v) is 7.19. The van der Waals surface area contributed by atoms with Crippen LogP contribution in [0.2, 0.25) is 0 Å². The molecule has 4 heteroatoms. The smallest absolute Gasteiger partial charge is 0.255 e. The highest BCUT2D eigenvalue weighted by Crippen LogP contribution is 2.45. The van der Waals surface area contributed by atoms with Gasteiger partial charge >= 0.3 is 0 Å². The third-order valence-corrected chi connectivity index (χ3v) is 5.44. The predicted octanol–water partition coefficient (Wildman–Crippen LogP) is 3.96. The van der Waals surface area contributed by atoms with Gasteiger partial charge in [-0.3, -0.25) is 4.79 Å². The van der Waals surface area contributed by atoms with Crippen LogP contribution >= 0.6 is 0 Å². The first-order valence-electron chi connectivity index (χ1n) is 8.92. The fourth-order valence-electron chi connectivity index (χ4n) is 3.79. The summed E-state index contributed by atoms with van der Waals surface area (Å²) in [7, 11) is 0. The van der Waals surface area contributed by atoms with Crippen molar-refractivity contribution >= 4 is 5.91 Å². The third kappa shape index (κ3) is 3.02. The fourth-order valence-corrected chi connectivity index (χ4v) is 3.79. The first-order valence-corrected chi connectivity index (χ1v) is 8.92. The Labute approximate surface area is 147 Å². The van der Waals surface area contributed by atoms with E-state index in [9.17, 15) is 9.90 Å². The van der Waals surface area contributed by atoms with Gasteiger partial charge in [-0.25, -0.2) is 0 Å². The Kier molecular flexibility index (Phi) is 4.22. The van der Waals surface area contributed by atoms with E-state index in [0.29, 0.717) is 11.5 Å². The lowest BCUT2D eigenvalue weighted by atomic mass is 9.75. The second kappa shape index (κ2) is 6.52. The van der Waals surface area contributed by atoms with E-state index >= 15 is 0 Å². The zero-order chi connectivity index (χ0) is 17.3. The molecule has 130 valence electrons. The molecule has 1 saturated carbocycles. The molecule has 1 amide bonds. The zero-order valence-corrected chi connectivity index (χ0v) is 14.2. The maximum Gasteiger partial charge on any atom is 0.255 e. The molecule has 2 N–H and O–H groups in total.